The number of hydrogen-bond acceptors (Lipinski definition) is 6. The van der Waals surface area contributed by atoms with Gasteiger partial charge >= 0.3 is 6.18 Å². The number of nitro benzene ring substituents is 1. The molecule has 0 saturated carbocycles. The van der Waals surface area contributed by atoms with E-state index in [9.17, 15) is 28.1 Å². The predicted octanol–water partition coefficient (Wildman–Crippen LogP) is 2.46. The van der Waals surface area contributed by atoms with Gasteiger partial charge in [0.25, 0.3) is 5.69 Å². The quantitative estimate of drug-likeness (QED) is 0.315. The number of alkyl halides is 3. The van der Waals surface area contributed by atoms with Crippen LogP contribution in [-0.4, -0.2) is 52.1 Å². The molecule has 2 heterocycles. The van der Waals surface area contributed by atoms with Crippen LogP contribution in [0, 0.1) is 10.1 Å². The first-order valence-corrected chi connectivity index (χ1v) is 9.27. The van der Waals surface area contributed by atoms with E-state index in [-0.39, 0.29) is 36.1 Å². The molecule has 0 aliphatic carbocycles. The predicted molar refractivity (Wildman–Crippen MR) is 102 cm³/mol. The number of halogens is 3. The van der Waals surface area contributed by atoms with Gasteiger partial charge in [0, 0.05) is 25.6 Å². The van der Waals surface area contributed by atoms with Crippen LogP contribution in [0.2, 0.25) is 0 Å². The second-order valence-electron chi connectivity index (χ2n) is 6.62. The maximum absolute atomic E-state index is 13.3. The van der Waals surface area contributed by atoms with Crippen molar-refractivity contribution in [2.75, 3.05) is 26.3 Å². The summed E-state index contributed by atoms with van der Waals surface area (Å²) < 4.78 is 51.4. The van der Waals surface area contributed by atoms with Crippen molar-refractivity contribution in [3.63, 3.8) is 0 Å². The van der Waals surface area contributed by atoms with Gasteiger partial charge in [-0.3, -0.25) is 14.9 Å². The van der Waals surface area contributed by atoms with Gasteiger partial charge in [0.15, 0.2) is 5.79 Å². The molecule has 13 heteroatoms. The normalized spacial score (nSPS) is 21.4. The number of nitrogens with zero attached hydrogens (tertiary/aromatic N) is 2. The monoisotopic (exact) mass is 451 g/mol. The van der Waals surface area contributed by atoms with Crippen LogP contribution in [0.5, 0.6) is 0 Å². The molecular formula is C16H16F3N3O5S2. The highest BCUT2D eigenvalue weighted by molar-refractivity contribution is 8.10. The number of thiocarbonyl (C=S) groups is 1. The third-order valence-corrected chi connectivity index (χ3v) is 5.55. The molecule has 3 rings (SSSR count). The molecule has 1 atom stereocenters. The van der Waals surface area contributed by atoms with Gasteiger partial charge in [-0.05, 0) is 6.07 Å². The molecule has 2 N–H and O–H groups in total. The van der Waals surface area contributed by atoms with Crippen molar-refractivity contribution in [3.8, 4) is 0 Å². The lowest BCUT2D eigenvalue weighted by molar-refractivity contribution is -0.386. The second kappa shape index (κ2) is 7.70. The van der Waals surface area contributed by atoms with Crippen molar-refractivity contribution in [2.24, 2.45) is 5.73 Å². The van der Waals surface area contributed by atoms with E-state index in [1.165, 1.54) is 0 Å². The Morgan fingerprint density at radius 2 is 2.00 bits per heavy atom. The van der Waals surface area contributed by atoms with Gasteiger partial charge in [0.2, 0.25) is 5.91 Å². The highest BCUT2D eigenvalue weighted by atomic mass is 32.1. The Bertz CT molecular complexity index is 839. The second-order valence-corrected chi connectivity index (χ2v) is 7.73. The summed E-state index contributed by atoms with van der Waals surface area (Å²) in [5.41, 5.74) is 2.21. The van der Waals surface area contributed by atoms with E-state index in [0.717, 1.165) is 0 Å². The number of benzene rings is 1. The van der Waals surface area contributed by atoms with Gasteiger partial charge in [-0.25, -0.2) is 0 Å². The first kappa shape index (κ1) is 21.7. The first-order chi connectivity index (χ1) is 13.5. The number of carbonyl (C=O) groups excluding carboxylic acids is 1. The fraction of sp³-hybridized carbons (Fsp3) is 0.500. The van der Waals surface area contributed by atoms with Gasteiger partial charge < -0.3 is 20.1 Å². The molecule has 1 aromatic carbocycles. The molecule has 29 heavy (non-hydrogen) atoms. The molecule has 2 aliphatic rings. The highest BCUT2D eigenvalue weighted by Crippen LogP contribution is 2.47. The average Bonchev–Trinajstić information content (AvgIpc) is 3.09. The zero-order valence-electron chi connectivity index (χ0n) is 14.8. The van der Waals surface area contributed by atoms with Crippen LogP contribution in [0.4, 0.5) is 18.9 Å². The number of primary amides is 1. The number of ether oxygens (including phenoxy) is 2. The lowest BCUT2D eigenvalue weighted by Crippen LogP contribution is -2.52. The van der Waals surface area contributed by atoms with E-state index in [1.54, 1.807) is 4.90 Å². The van der Waals surface area contributed by atoms with Crippen molar-refractivity contribution < 1.29 is 32.4 Å². The number of rotatable bonds is 3. The minimum atomic E-state index is -4.91. The zero-order chi connectivity index (χ0) is 21.6. The van der Waals surface area contributed by atoms with Crippen molar-refractivity contribution in [3.05, 3.63) is 38.9 Å². The Balaban J connectivity index is 2.26. The molecule has 1 aromatic rings. The van der Waals surface area contributed by atoms with Crippen LogP contribution in [-0.2, 0) is 15.7 Å². The molecule has 1 spiro atoms. The summed E-state index contributed by atoms with van der Waals surface area (Å²) in [6.45, 7) is 0.748. The molecular weight excluding hydrogens is 435 g/mol. The third kappa shape index (κ3) is 4.04. The van der Waals surface area contributed by atoms with Crippen molar-refractivity contribution >= 4 is 40.8 Å². The summed E-state index contributed by atoms with van der Waals surface area (Å²) in [5, 5.41) is 11.7. The number of carbonyl (C=O) groups is 1. The summed E-state index contributed by atoms with van der Waals surface area (Å²) in [5.74, 6) is -3.56. The Kier molecular flexibility index (Phi) is 5.77. The fourth-order valence-corrected chi connectivity index (χ4v) is 4.09. The smallest absolute Gasteiger partial charge is 0.366 e. The SMILES string of the molecule is NC(=O)c1cc(C(F)(F)F)cc([N+](=O)[O-])c1C1CN(C(=S)S)CCC12OCCO2. The Labute approximate surface area is 173 Å². The standard InChI is InChI=1S/C16H16F3N3O5S2/c17-16(18,19)8-5-9(13(20)23)12(11(6-8)22(24)25)10-7-21(14(28)29)2-1-15(10)26-3-4-27-15/h5-6,10H,1-4,7H2,(H2,20,23)(H,28,29). The first-order valence-electron chi connectivity index (χ1n) is 8.41. The maximum Gasteiger partial charge on any atom is 0.416 e. The lowest BCUT2D eigenvalue weighted by Gasteiger charge is -2.44. The minimum absolute atomic E-state index is 0.00514. The molecule has 1 amide bonds. The third-order valence-electron chi connectivity index (χ3n) is 5.01. The topological polar surface area (TPSA) is 108 Å². The van der Waals surface area contributed by atoms with Crippen molar-refractivity contribution in [1.29, 1.82) is 0 Å². The van der Waals surface area contributed by atoms with Crippen LogP contribution < -0.4 is 5.73 Å². The molecule has 2 fully saturated rings. The number of piperidine rings is 1. The maximum atomic E-state index is 13.3. The molecule has 8 nitrogen and oxygen atoms in total. The fourth-order valence-electron chi connectivity index (χ4n) is 3.74. The minimum Gasteiger partial charge on any atom is -0.366 e. The summed E-state index contributed by atoms with van der Waals surface area (Å²) >= 11 is 9.17. The largest absolute Gasteiger partial charge is 0.416 e. The van der Waals surface area contributed by atoms with E-state index >= 15 is 0 Å². The van der Waals surface area contributed by atoms with Gasteiger partial charge in [-0.1, -0.05) is 12.2 Å². The van der Waals surface area contributed by atoms with E-state index in [4.69, 9.17) is 27.4 Å². The average molecular weight is 451 g/mol. The molecule has 0 radical (unpaired) electrons. The highest BCUT2D eigenvalue weighted by Gasteiger charge is 2.52. The van der Waals surface area contributed by atoms with Gasteiger partial charge in [0.05, 0.1) is 40.7 Å². The number of hydrogen-bond donors (Lipinski definition) is 2. The molecule has 1 unspecified atom stereocenters. The van der Waals surface area contributed by atoms with Crippen LogP contribution in [0.3, 0.4) is 0 Å². The number of thiol groups is 1. The molecule has 0 aromatic heterocycles. The van der Waals surface area contributed by atoms with Crippen molar-refractivity contribution in [1.82, 2.24) is 4.90 Å². The summed E-state index contributed by atoms with van der Waals surface area (Å²) in [6.07, 6.45) is -4.69. The van der Waals surface area contributed by atoms with E-state index < -0.39 is 45.5 Å². The zero-order valence-corrected chi connectivity index (χ0v) is 16.5. The van der Waals surface area contributed by atoms with Crippen LogP contribution in [0.1, 0.15) is 33.8 Å². The number of nitrogens with two attached hydrogens (primary N) is 1. The summed E-state index contributed by atoms with van der Waals surface area (Å²) in [7, 11) is 0. The Hall–Kier alpha value is -1.96. The number of likely N-dealkylation sites (tertiary alicyclic amines) is 1. The lowest BCUT2D eigenvalue weighted by atomic mass is 9.80. The molecule has 158 valence electrons. The number of nitro groups is 1. The molecule has 0 bridgehead atoms. The van der Waals surface area contributed by atoms with Gasteiger partial charge in [-0.15, -0.1) is 12.6 Å². The summed E-state index contributed by atoms with van der Waals surface area (Å²) in [4.78, 5) is 24.3. The molecule has 2 aliphatic heterocycles. The van der Waals surface area contributed by atoms with Crippen LogP contribution >= 0.6 is 24.8 Å². The Morgan fingerprint density at radius 3 is 2.48 bits per heavy atom. The molecule has 2 saturated heterocycles. The van der Waals surface area contributed by atoms with Gasteiger partial charge in [0.1, 0.15) is 4.32 Å². The Morgan fingerprint density at radius 1 is 1.38 bits per heavy atom. The van der Waals surface area contributed by atoms with Crippen LogP contribution in [0.15, 0.2) is 12.1 Å². The van der Waals surface area contributed by atoms with E-state index in [1.807, 2.05) is 0 Å². The van der Waals surface area contributed by atoms with Gasteiger partial charge in [-0.2, -0.15) is 13.2 Å². The van der Waals surface area contributed by atoms with Crippen molar-refractivity contribution in [2.45, 2.75) is 24.3 Å². The number of amides is 1. The van der Waals surface area contributed by atoms with E-state index in [2.05, 4.69) is 12.6 Å². The summed E-state index contributed by atoms with van der Waals surface area (Å²) in [6, 6.07) is 0.910. The van der Waals surface area contributed by atoms with Crippen LogP contribution in [0.25, 0.3) is 0 Å². The van der Waals surface area contributed by atoms with E-state index in [0.29, 0.717) is 18.7 Å².